The Bertz CT molecular complexity index is 476. The maximum Gasteiger partial charge on any atom is 0.239 e. The van der Waals surface area contributed by atoms with Crippen LogP contribution in [-0.4, -0.2) is 57.2 Å². The van der Waals surface area contributed by atoms with E-state index in [4.69, 9.17) is 4.74 Å². The first kappa shape index (κ1) is 15.9. The summed E-state index contributed by atoms with van der Waals surface area (Å²) in [5.74, 6) is -0.356. The van der Waals surface area contributed by atoms with Crippen LogP contribution in [0.1, 0.15) is 11.6 Å². The summed E-state index contributed by atoms with van der Waals surface area (Å²) < 4.78 is 18.6. The van der Waals surface area contributed by atoms with Crippen LogP contribution < -0.4 is 10.6 Å². The number of nitrogens with one attached hydrogen (secondary N) is 2. The number of likely N-dealkylation sites (N-methyl/N-ethyl adjacent to an activating group) is 1. The molecule has 0 radical (unpaired) electrons. The minimum Gasteiger partial charge on any atom is -0.378 e. The lowest BCUT2D eigenvalue weighted by molar-refractivity contribution is -0.126. The monoisotopic (exact) mass is 295 g/mol. The standard InChI is InChI=1S/C15H22FN3O2/c1-19(2)14(11-4-3-5-12(16)8-11)9-18-15(20)13-10-21-7-6-17-13/h3-5,8,13-14,17H,6-7,9-10H2,1-2H3,(H,18,20). The predicted molar refractivity (Wildman–Crippen MR) is 78.4 cm³/mol. The van der Waals surface area contributed by atoms with Crippen molar-refractivity contribution in [3.63, 3.8) is 0 Å². The maximum absolute atomic E-state index is 13.3. The van der Waals surface area contributed by atoms with Gasteiger partial charge >= 0.3 is 0 Å². The van der Waals surface area contributed by atoms with E-state index in [1.807, 2.05) is 25.1 Å². The van der Waals surface area contributed by atoms with Gasteiger partial charge in [-0.05, 0) is 31.8 Å². The molecule has 116 valence electrons. The van der Waals surface area contributed by atoms with Gasteiger partial charge in [-0.2, -0.15) is 0 Å². The van der Waals surface area contributed by atoms with E-state index >= 15 is 0 Å². The van der Waals surface area contributed by atoms with Crippen LogP contribution in [0.5, 0.6) is 0 Å². The Morgan fingerprint density at radius 3 is 3.00 bits per heavy atom. The molecule has 1 heterocycles. The minimum atomic E-state index is -0.311. The Labute approximate surface area is 124 Å². The zero-order valence-corrected chi connectivity index (χ0v) is 12.4. The largest absolute Gasteiger partial charge is 0.378 e. The van der Waals surface area contributed by atoms with Gasteiger partial charge in [0.05, 0.1) is 19.3 Å². The van der Waals surface area contributed by atoms with Crippen molar-refractivity contribution in [2.45, 2.75) is 12.1 Å². The molecule has 1 aliphatic rings. The molecule has 1 fully saturated rings. The molecule has 1 amide bonds. The second-order valence-electron chi connectivity index (χ2n) is 5.36. The first-order valence-corrected chi connectivity index (χ1v) is 7.08. The van der Waals surface area contributed by atoms with Crippen molar-refractivity contribution in [1.82, 2.24) is 15.5 Å². The molecular formula is C15H22FN3O2. The van der Waals surface area contributed by atoms with E-state index in [0.717, 1.165) is 5.56 Å². The van der Waals surface area contributed by atoms with Gasteiger partial charge in [0, 0.05) is 13.1 Å². The summed E-state index contributed by atoms with van der Waals surface area (Å²) in [7, 11) is 3.81. The highest BCUT2D eigenvalue weighted by molar-refractivity contribution is 5.82. The molecule has 21 heavy (non-hydrogen) atoms. The predicted octanol–water partition coefficient (Wildman–Crippen LogP) is 0.533. The lowest BCUT2D eigenvalue weighted by Crippen LogP contribution is -2.52. The number of carbonyl (C=O) groups excluding carboxylic acids is 1. The fourth-order valence-corrected chi connectivity index (χ4v) is 2.37. The second kappa shape index (κ2) is 7.49. The van der Waals surface area contributed by atoms with E-state index in [9.17, 15) is 9.18 Å². The van der Waals surface area contributed by atoms with Crippen LogP contribution in [-0.2, 0) is 9.53 Å². The summed E-state index contributed by atoms with van der Waals surface area (Å²) in [6, 6.07) is 6.07. The molecule has 1 aliphatic heterocycles. The summed E-state index contributed by atoms with van der Waals surface area (Å²) in [5.41, 5.74) is 0.841. The number of hydrogen-bond acceptors (Lipinski definition) is 4. The highest BCUT2D eigenvalue weighted by Gasteiger charge is 2.23. The van der Waals surface area contributed by atoms with E-state index in [-0.39, 0.29) is 23.8 Å². The first-order valence-electron chi connectivity index (χ1n) is 7.08. The molecule has 2 rings (SSSR count). The molecule has 5 nitrogen and oxygen atoms in total. The lowest BCUT2D eigenvalue weighted by Gasteiger charge is -2.27. The highest BCUT2D eigenvalue weighted by atomic mass is 19.1. The number of hydrogen-bond donors (Lipinski definition) is 2. The van der Waals surface area contributed by atoms with E-state index in [0.29, 0.717) is 26.3 Å². The van der Waals surface area contributed by atoms with Crippen molar-refractivity contribution in [1.29, 1.82) is 0 Å². The molecular weight excluding hydrogens is 273 g/mol. The van der Waals surface area contributed by atoms with Gasteiger partial charge in [0.15, 0.2) is 0 Å². The number of benzene rings is 1. The average molecular weight is 295 g/mol. The van der Waals surface area contributed by atoms with Crippen LogP contribution in [0, 0.1) is 5.82 Å². The third-order valence-corrected chi connectivity index (χ3v) is 3.56. The molecule has 0 aliphatic carbocycles. The molecule has 1 aromatic rings. The van der Waals surface area contributed by atoms with Crippen LogP contribution in [0.15, 0.2) is 24.3 Å². The second-order valence-corrected chi connectivity index (χ2v) is 5.36. The Morgan fingerprint density at radius 2 is 2.38 bits per heavy atom. The average Bonchev–Trinajstić information content (AvgIpc) is 2.48. The SMILES string of the molecule is CN(C)C(CNC(=O)C1COCCN1)c1cccc(F)c1. The fourth-order valence-electron chi connectivity index (χ4n) is 2.37. The molecule has 0 aromatic heterocycles. The maximum atomic E-state index is 13.3. The molecule has 0 saturated carbocycles. The van der Waals surface area contributed by atoms with Gasteiger partial charge in [-0.25, -0.2) is 4.39 Å². The van der Waals surface area contributed by atoms with Crippen molar-refractivity contribution in [2.24, 2.45) is 0 Å². The number of nitrogens with zero attached hydrogens (tertiary/aromatic N) is 1. The Kier molecular flexibility index (Phi) is 5.67. The summed E-state index contributed by atoms with van der Waals surface area (Å²) in [6.07, 6.45) is 0. The van der Waals surface area contributed by atoms with Gasteiger partial charge in [0.2, 0.25) is 5.91 Å². The van der Waals surface area contributed by atoms with Crippen molar-refractivity contribution < 1.29 is 13.9 Å². The minimum absolute atomic E-state index is 0.0749. The van der Waals surface area contributed by atoms with Gasteiger partial charge in [-0.3, -0.25) is 4.79 Å². The van der Waals surface area contributed by atoms with Crippen LogP contribution in [0.25, 0.3) is 0 Å². The lowest BCUT2D eigenvalue weighted by atomic mass is 10.1. The fraction of sp³-hybridized carbons (Fsp3) is 0.533. The normalized spacial score (nSPS) is 20.3. The number of halogens is 1. The molecule has 2 N–H and O–H groups in total. The number of carbonyl (C=O) groups is 1. The molecule has 1 saturated heterocycles. The van der Waals surface area contributed by atoms with Crippen molar-refractivity contribution in [3.05, 3.63) is 35.6 Å². The highest BCUT2D eigenvalue weighted by Crippen LogP contribution is 2.18. The molecule has 0 spiro atoms. The molecule has 2 atom stereocenters. The van der Waals surface area contributed by atoms with Crippen LogP contribution in [0.2, 0.25) is 0 Å². The molecule has 1 aromatic carbocycles. The number of rotatable bonds is 5. The van der Waals surface area contributed by atoms with Crippen molar-refractivity contribution in [2.75, 3.05) is 40.4 Å². The van der Waals surface area contributed by atoms with Crippen LogP contribution >= 0.6 is 0 Å². The Hall–Kier alpha value is -1.50. The Morgan fingerprint density at radius 1 is 1.57 bits per heavy atom. The summed E-state index contributed by atoms with van der Waals surface area (Å²) >= 11 is 0. The third-order valence-electron chi connectivity index (χ3n) is 3.56. The number of ether oxygens (including phenoxy) is 1. The summed E-state index contributed by atoms with van der Waals surface area (Å²) in [4.78, 5) is 14.0. The third kappa shape index (κ3) is 4.49. The molecule has 2 unspecified atom stereocenters. The van der Waals surface area contributed by atoms with E-state index in [2.05, 4.69) is 10.6 Å². The van der Waals surface area contributed by atoms with Gasteiger partial charge in [0.1, 0.15) is 11.9 Å². The first-order chi connectivity index (χ1) is 10.1. The summed E-state index contributed by atoms with van der Waals surface area (Å²) in [6.45, 7) is 2.12. The zero-order chi connectivity index (χ0) is 15.2. The van der Waals surface area contributed by atoms with Gasteiger partial charge in [-0.1, -0.05) is 12.1 Å². The van der Waals surface area contributed by atoms with Gasteiger partial charge in [0.25, 0.3) is 0 Å². The van der Waals surface area contributed by atoms with Gasteiger partial charge in [-0.15, -0.1) is 0 Å². The zero-order valence-electron chi connectivity index (χ0n) is 12.4. The van der Waals surface area contributed by atoms with Crippen LogP contribution in [0.4, 0.5) is 4.39 Å². The van der Waals surface area contributed by atoms with E-state index < -0.39 is 0 Å². The number of amides is 1. The number of morpholine rings is 1. The van der Waals surface area contributed by atoms with E-state index in [1.165, 1.54) is 12.1 Å². The van der Waals surface area contributed by atoms with Crippen molar-refractivity contribution >= 4 is 5.91 Å². The molecule has 6 heteroatoms. The van der Waals surface area contributed by atoms with Crippen LogP contribution in [0.3, 0.4) is 0 Å². The van der Waals surface area contributed by atoms with Gasteiger partial charge < -0.3 is 20.3 Å². The molecule has 0 bridgehead atoms. The smallest absolute Gasteiger partial charge is 0.239 e. The quantitative estimate of drug-likeness (QED) is 0.832. The Balaban J connectivity index is 1.95. The summed E-state index contributed by atoms with van der Waals surface area (Å²) in [5, 5.41) is 6.02. The van der Waals surface area contributed by atoms with E-state index in [1.54, 1.807) is 6.07 Å². The van der Waals surface area contributed by atoms with Crippen molar-refractivity contribution in [3.8, 4) is 0 Å². The topological polar surface area (TPSA) is 53.6 Å².